The minimum atomic E-state index is -4.44. The number of rotatable bonds is 3. The molecule has 0 spiro atoms. The van der Waals surface area contributed by atoms with Crippen molar-refractivity contribution in [3.05, 3.63) is 29.8 Å². The fourth-order valence-corrected chi connectivity index (χ4v) is 1.76. The lowest BCUT2D eigenvalue weighted by atomic mass is 10.2. The predicted molar refractivity (Wildman–Crippen MR) is 68.7 cm³/mol. The molecule has 0 aliphatic carbocycles. The molecule has 1 N–H and O–H groups in total. The Morgan fingerprint density at radius 2 is 1.86 bits per heavy atom. The van der Waals surface area contributed by atoms with Gasteiger partial charge in [0.2, 0.25) is 11.3 Å². The molecule has 0 amide bonds. The zero-order chi connectivity index (χ0) is 15.7. The average Bonchev–Trinajstić information content (AvgIpc) is 2.93. The minimum Gasteiger partial charge on any atom is -0.478 e. The Labute approximate surface area is 121 Å². The molecule has 22 heavy (non-hydrogen) atoms. The molecule has 0 atom stereocenters. The van der Waals surface area contributed by atoms with Gasteiger partial charge in [0.1, 0.15) is 0 Å². The number of halogens is 3. The molecule has 0 aliphatic rings. The van der Waals surface area contributed by atoms with Crippen molar-refractivity contribution in [3.8, 4) is 5.88 Å². The summed E-state index contributed by atoms with van der Waals surface area (Å²) in [7, 11) is 1.35. The standard InChI is InChI=1S/C12H8F3N5O2/c1-21-11-10(17-8-9(18-11)20-22-19-8)16-7-4-2-3-6(5-7)12(13,14)15/h2-5H,1H3,(H,16,17,19). The summed E-state index contributed by atoms with van der Waals surface area (Å²) in [6.07, 6.45) is -4.44. The first-order chi connectivity index (χ1) is 10.5. The molecule has 114 valence electrons. The van der Waals surface area contributed by atoms with Crippen molar-refractivity contribution in [1.29, 1.82) is 0 Å². The molecule has 0 unspecified atom stereocenters. The first-order valence-electron chi connectivity index (χ1n) is 5.96. The van der Waals surface area contributed by atoms with Crippen LogP contribution in [0.1, 0.15) is 5.56 Å². The lowest BCUT2D eigenvalue weighted by Crippen LogP contribution is -2.06. The van der Waals surface area contributed by atoms with E-state index in [-0.39, 0.29) is 28.7 Å². The van der Waals surface area contributed by atoms with Gasteiger partial charge in [-0.1, -0.05) is 6.07 Å². The molecule has 3 rings (SSSR count). The van der Waals surface area contributed by atoms with Crippen molar-refractivity contribution in [1.82, 2.24) is 20.3 Å². The first kappa shape index (κ1) is 14.0. The summed E-state index contributed by atoms with van der Waals surface area (Å²) >= 11 is 0. The van der Waals surface area contributed by atoms with E-state index >= 15 is 0 Å². The number of ether oxygens (including phenoxy) is 1. The van der Waals surface area contributed by atoms with Gasteiger partial charge in [-0.15, -0.1) is 0 Å². The minimum absolute atomic E-state index is 0.0561. The maximum atomic E-state index is 12.7. The number of aromatic nitrogens is 4. The Morgan fingerprint density at radius 3 is 2.55 bits per heavy atom. The van der Waals surface area contributed by atoms with E-state index < -0.39 is 11.7 Å². The summed E-state index contributed by atoms with van der Waals surface area (Å²) in [4.78, 5) is 8.03. The third-order valence-corrected chi connectivity index (χ3v) is 2.73. The Kier molecular flexibility index (Phi) is 3.28. The van der Waals surface area contributed by atoms with Crippen LogP contribution in [0.2, 0.25) is 0 Å². The molecular formula is C12H8F3N5O2. The molecule has 3 aromatic rings. The van der Waals surface area contributed by atoms with E-state index in [1.165, 1.54) is 19.2 Å². The molecule has 0 saturated carbocycles. The van der Waals surface area contributed by atoms with Crippen LogP contribution in [-0.4, -0.2) is 27.4 Å². The van der Waals surface area contributed by atoms with E-state index in [1.807, 2.05) is 0 Å². The fraction of sp³-hybridized carbons (Fsp3) is 0.167. The van der Waals surface area contributed by atoms with Crippen LogP contribution in [0, 0.1) is 0 Å². The Hall–Kier alpha value is -2.91. The van der Waals surface area contributed by atoms with Crippen molar-refractivity contribution in [2.24, 2.45) is 0 Å². The van der Waals surface area contributed by atoms with Crippen molar-refractivity contribution in [2.75, 3.05) is 12.4 Å². The van der Waals surface area contributed by atoms with E-state index in [2.05, 4.69) is 30.2 Å². The summed E-state index contributed by atoms with van der Waals surface area (Å²) in [6, 6.07) is 4.66. The number of hydrogen-bond donors (Lipinski definition) is 1. The molecule has 10 heteroatoms. The second kappa shape index (κ2) is 5.13. The van der Waals surface area contributed by atoms with Crippen molar-refractivity contribution in [3.63, 3.8) is 0 Å². The van der Waals surface area contributed by atoms with Crippen LogP contribution in [0.15, 0.2) is 28.9 Å². The van der Waals surface area contributed by atoms with Gasteiger partial charge < -0.3 is 10.1 Å². The van der Waals surface area contributed by atoms with Crippen LogP contribution in [0.25, 0.3) is 11.3 Å². The van der Waals surface area contributed by atoms with E-state index in [4.69, 9.17) is 4.74 Å². The quantitative estimate of drug-likeness (QED) is 0.796. The third-order valence-electron chi connectivity index (χ3n) is 2.73. The number of anilines is 2. The van der Waals surface area contributed by atoms with Crippen LogP contribution < -0.4 is 10.1 Å². The van der Waals surface area contributed by atoms with Gasteiger partial charge in [-0.2, -0.15) is 23.1 Å². The van der Waals surface area contributed by atoms with Crippen LogP contribution in [0.5, 0.6) is 5.88 Å². The molecular weight excluding hydrogens is 303 g/mol. The van der Waals surface area contributed by atoms with Crippen molar-refractivity contribution >= 4 is 22.8 Å². The average molecular weight is 311 g/mol. The third kappa shape index (κ3) is 2.62. The van der Waals surface area contributed by atoms with Crippen LogP contribution in [-0.2, 0) is 6.18 Å². The lowest BCUT2D eigenvalue weighted by molar-refractivity contribution is -0.137. The van der Waals surface area contributed by atoms with Gasteiger partial charge in [0.15, 0.2) is 5.82 Å². The van der Waals surface area contributed by atoms with E-state index in [9.17, 15) is 13.2 Å². The molecule has 0 fully saturated rings. The van der Waals surface area contributed by atoms with Gasteiger partial charge >= 0.3 is 6.18 Å². The van der Waals surface area contributed by atoms with Gasteiger partial charge in [-0.25, -0.2) is 4.63 Å². The summed E-state index contributed by atoms with van der Waals surface area (Å²) in [5.74, 6) is 0.158. The topological polar surface area (TPSA) is 86.0 Å². The van der Waals surface area contributed by atoms with Gasteiger partial charge in [-0.3, -0.25) is 0 Å². The van der Waals surface area contributed by atoms with E-state index in [0.29, 0.717) is 0 Å². The number of nitrogens with one attached hydrogen (secondary N) is 1. The first-order valence-corrected chi connectivity index (χ1v) is 5.96. The SMILES string of the molecule is COc1nc2nonc2nc1Nc1cccc(C(F)(F)F)c1. The summed E-state index contributed by atoms with van der Waals surface area (Å²) in [5, 5.41) is 9.73. The van der Waals surface area contributed by atoms with Crippen molar-refractivity contribution in [2.45, 2.75) is 6.18 Å². The molecule has 2 aromatic heterocycles. The number of hydrogen-bond acceptors (Lipinski definition) is 7. The largest absolute Gasteiger partial charge is 0.478 e. The molecule has 0 saturated heterocycles. The molecule has 0 aliphatic heterocycles. The maximum Gasteiger partial charge on any atom is 0.416 e. The van der Waals surface area contributed by atoms with Crippen LogP contribution >= 0.6 is 0 Å². The Balaban J connectivity index is 1.99. The molecule has 2 heterocycles. The van der Waals surface area contributed by atoms with Gasteiger partial charge in [0, 0.05) is 5.69 Å². The summed E-state index contributed by atoms with van der Waals surface area (Å²) < 4.78 is 47.6. The Morgan fingerprint density at radius 1 is 1.14 bits per heavy atom. The van der Waals surface area contributed by atoms with Crippen molar-refractivity contribution < 1.29 is 22.5 Å². The normalized spacial score (nSPS) is 11.6. The zero-order valence-electron chi connectivity index (χ0n) is 11.0. The highest BCUT2D eigenvalue weighted by Gasteiger charge is 2.30. The molecule has 1 aromatic carbocycles. The van der Waals surface area contributed by atoms with E-state index in [1.54, 1.807) is 0 Å². The van der Waals surface area contributed by atoms with E-state index in [0.717, 1.165) is 12.1 Å². The number of benzene rings is 1. The molecule has 7 nitrogen and oxygen atoms in total. The highest BCUT2D eigenvalue weighted by atomic mass is 19.4. The second-order valence-electron chi connectivity index (χ2n) is 4.20. The summed E-state index contributed by atoms with van der Waals surface area (Å²) in [5.41, 5.74) is -0.367. The molecule has 0 bridgehead atoms. The number of fused-ring (bicyclic) bond motifs is 1. The molecule has 0 radical (unpaired) electrons. The monoisotopic (exact) mass is 311 g/mol. The lowest BCUT2D eigenvalue weighted by Gasteiger charge is -2.11. The van der Waals surface area contributed by atoms with Crippen LogP contribution in [0.3, 0.4) is 0 Å². The van der Waals surface area contributed by atoms with Gasteiger partial charge in [0.05, 0.1) is 12.7 Å². The Bertz CT molecular complexity index is 818. The second-order valence-corrected chi connectivity index (χ2v) is 4.20. The highest BCUT2D eigenvalue weighted by molar-refractivity contribution is 5.71. The van der Waals surface area contributed by atoms with Gasteiger partial charge in [-0.05, 0) is 28.5 Å². The zero-order valence-corrected chi connectivity index (χ0v) is 11.0. The highest BCUT2D eigenvalue weighted by Crippen LogP contribution is 2.32. The predicted octanol–water partition coefficient (Wildman–Crippen LogP) is 2.78. The fourth-order valence-electron chi connectivity index (χ4n) is 1.76. The smallest absolute Gasteiger partial charge is 0.416 e. The number of methoxy groups -OCH3 is 1. The summed E-state index contributed by atoms with van der Waals surface area (Å²) in [6.45, 7) is 0. The van der Waals surface area contributed by atoms with Crippen LogP contribution in [0.4, 0.5) is 24.7 Å². The maximum absolute atomic E-state index is 12.7. The number of alkyl halides is 3. The number of nitrogens with zero attached hydrogens (tertiary/aromatic N) is 4. The van der Waals surface area contributed by atoms with Gasteiger partial charge in [0.25, 0.3) is 5.88 Å².